The summed E-state index contributed by atoms with van der Waals surface area (Å²) in [7, 11) is 0. The summed E-state index contributed by atoms with van der Waals surface area (Å²) in [6, 6.07) is 20.4. The standard InChI is InChI=1S/C21H27N3O/c22-20(18-9-5-2-6-10-18)15-21(25)23-19-11-13-24(14-12-19)16-17-7-3-1-4-8-17/h1-10,19-20H,11-16,22H2,(H,23,25). The first-order valence-corrected chi connectivity index (χ1v) is 9.07. The van der Waals surface area contributed by atoms with Crippen molar-refractivity contribution < 1.29 is 4.79 Å². The molecule has 1 heterocycles. The number of rotatable bonds is 6. The Kier molecular flexibility index (Phi) is 6.20. The Morgan fingerprint density at radius 2 is 1.64 bits per heavy atom. The van der Waals surface area contributed by atoms with Crippen LogP contribution in [0.4, 0.5) is 0 Å². The molecule has 0 aliphatic carbocycles. The number of nitrogens with zero attached hydrogens (tertiary/aromatic N) is 1. The molecule has 4 heteroatoms. The number of hydrogen-bond acceptors (Lipinski definition) is 3. The van der Waals surface area contributed by atoms with Crippen LogP contribution in [-0.2, 0) is 11.3 Å². The summed E-state index contributed by atoms with van der Waals surface area (Å²) in [5.41, 5.74) is 8.50. The lowest BCUT2D eigenvalue weighted by atomic mass is 10.0. The highest BCUT2D eigenvalue weighted by Gasteiger charge is 2.21. The molecule has 1 fully saturated rings. The number of hydrogen-bond donors (Lipinski definition) is 2. The Labute approximate surface area is 150 Å². The number of benzene rings is 2. The van der Waals surface area contributed by atoms with Crippen LogP contribution < -0.4 is 11.1 Å². The van der Waals surface area contributed by atoms with Crippen LogP contribution in [-0.4, -0.2) is 29.9 Å². The van der Waals surface area contributed by atoms with E-state index in [2.05, 4.69) is 34.5 Å². The number of nitrogens with two attached hydrogens (primary N) is 1. The van der Waals surface area contributed by atoms with Gasteiger partial charge in [-0.2, -0.15) is 0 Å². The maximum atomic E-state index is 12.3. The van der Waals surface area contributed by atoms with Crippen LogP contribution in [0.5, 0.6) is 0 Å². The summed E-state index contributed by atoms with van der Waals surface area (Å²) in [5, 5.41) is 3.16. The Hall–Kier alpha value is -2.17. The van der Waals surface area contributed by atoms with Gasteiger partial charge in [0.05, 0.1) is 0 Å². The van der Waals surface area contributed by atoms with Gasteiger partial charge in [0.25, 0.3) is 0 Å². The maximum absolute atomic E-state index is 12.3. The molecule has 2 aromatic carbocycles. The van der Waals surface area contributed by atoms with Crippen LogP contribution in [0.2, 0.25) is 0 Å². The normalized spacial score (nSPS) is 17.2. The monoisotopic (exact) mass is 337 g/mol. The van der Waals surface area contributed by atoms with Gasteiger partial charge in [-0.05, 0) is 24.0 Å². The third kappa shape index (κ3) is 5.41. The van der Waals surface area contributed by atoms with Gasteiger partial charge in [0.1, 0.15) is 0 Å². The largest absolute Gasteiger partial charge is 0.353 e. The Balaban J connectivity index is 1.40. The fraction of sp³-hybridized carbons (Fsp3) is 0.381. The highest BCUT2D eigenvalue weighted by molar-refractivity contribution is 5.77. The van der Waals surface area contributed by atoms with Gasteiger partial charge in [-0.1, -0.05) is 60.7 Å². The van der Waals surface area contributed by atoms with Crippen molar-refractivity contribution in [3.8, 4) is 0 Å². The van der Waals surface area contributed by atoms with Gasteiger partial charge < -0.3 is 11.1 Å². The van der Waals surface area contributed by atoms with E-state index >= 15 is 0 Å². The van der Waals surface area contributed by atoms with Crippen LogP contribution in [0.1, 0.15) is 36.4 Å². The van der Waals surface area contributed by atoms with Crippen molar-refractivity contribution in [1.29, 1.82) is 0 Å². The number of likely N-dealkylation sites (tertiary alicyclic amines) is 1. The fourth-order valence-electron chi connectivity index (χ4n) is 3.38. The molecule has 0 spiro atoms. The molecule has 3 N–H and O–H groups in total. The van der Waals surface area contributed by atoms with E-state index in [1.807, 2.05) is 36.4 Å². The zero-order chi connectivity index (χ0) is 17.5. The van der Waals surface area contributed by atoms with E-state index in [0.29, 0.717) is 6.42 Å². The van der Waals surface area contributed by atoms with Crippen molar-refractivity contribution in [3.05, 3.63) is 71.8 Å². The van der Waals surface area contributed by atoms with Gasteiger partial charge in [0.15, 0.2) is 0 Å². The minimum Gasteiger partial charge on any atom is -0.353 e. The first-order valence-electron chi connectivity index (χ1n) is 9.07. The van der Waals surface area contributed by atoms with Gasteiger partial charge in [-0.25, -0.2) is 0 Å². The molecule has 132 valence electrons. The summed E-state index contributed by atoms with van der Waals surface area (Å²) >= 11 is 0. The molecule has 0 bridgehead atoms. The van der Waals surface area contributed by atoms with Crippen molar-refractivity contribution in [3.63, 3.8) is 0 Å². The van der Waals surface area contributed by atoms with E-state index in [9.17, 15) is 4.79 Å². The van der Waals surface area contributed by atoms with Gasteiger partial charge in [0, 0.05) is 38.1 Å². The van der Waals surface area contributed by atoms with Crippen LogP contribution in [0, 0.1) is 0 Å². The van der Waals surface area contributed by atoms with E-state index < -0.39 is 0 Å². The molecule has 1 aliphatic heterocycles. The third-order valence-electron chi connectivity index (χ3n) is 4.83. The van der Waals surface area contributed by atoms with E-state index in [1.165, 1.54) is 5.56 Å². The molecule has 1 amide bonds. The Morgan fingerprint density at radius 1 is 1.04 bits per heavy atom. The smallest absolute Gasteiger partial charge is 0.222 e. The van der Waals surface area contributed by atoms with Crippen molar-refractivity contribution in [2.24, 2.45) is 5.73 Å². The summed E-state index contributed by atoms with van der Waals surface area (Å²) in [4.78, 5) is 14.7. The van der Waals surface area contributed by atoms with Gasteiger partial charge in [-0.15, -0.1) is 0 Å². The molecular weight excluding hydrogens is 310 g/mol. The van der Waals surface area contributed by atoms with Crippen molar-refractivity contribution in [2.75, 3.05) is 13.1 Å². The first kappa shape index (κ1) is 17.6. The molecule has 0 aromatic heterocycles. The summed E-state index contributed by atoms with van der Waals surface area (Å²) < 4.78 is 0. The predicted molar refractivity (Wildman–Crippen MR) is 101 cm³/mol. The number of carbonyl (C=O) groups is 1. The Morgan fingerprint density at radius 3 is 2.28 bits per heavy atom. The molecule has 1 unspecified atom stereocenters. The van der Waals surface area contributed by atoms with Crippen molar-refractivity contribution in [1.82, 2.24) is 10.2 Å². The molecule has 2 aromatic rings. The first-order chi connectivity index (χ1) is 12.2. The number of nitrogens with one attached hydrogen (secondary N) is 1. The van der Waals surface area contributed by atoms with E-state index in [1.54, 1.807) is 0 Å². The summed E-state index contributed by atoms with van der Waals surface area (Å²) in [5.74, 6) is 0.0536. The molecule has 1 aliphatic rings. The van der Waals surface area contributed by atoms with Crippen LogP contribution in [0.25, 0.3) is 0 Å². The third-order valence-corrected chi connectivity index (χ3v) is 4.83. The molecular formula is C21H27N3O. The second-order valence-electron chi connectivity index (χ2n) is 6.82. The molecule has 4 nitrogen and oxygen atoms in total. The predicted octanol–water partition coefficient (Wildman–Crippen LogP) is 2.86. The van der Waals surface area contributed by atoms with Gasteiger partial charge in [0.2, 0.25) is 5.91 Å². The van der Waals surface area contributed by atoms with Crippen molar-refractivity contribution in [2.45, 2.75) is 37.9 Å². The number of amides is 1. The lowest BCUT2D eigenvalue weighted by Gasteiger charge is -2.32. The second-order valence-corrected chi connectivity index (χ2v) is 6.82. The molecule has 0 radical (unpaired) electrons. The highest BCUT2D eigenvalue weighted by Crippen LogP contribution is 2.16. The van der Waals surface area contributed by atoms with Crippen LogP contribution in [0.15, 0.2) is 60.7 Å². The van der Waals surface area contributed by atoms with Gasteiger partial charge >= 0.3 is 0 Å². The van der Waals surface area contributed by atoms with Crippen LogP contribution in [0.3, 0.4) is 0 Å². The Bertz CT molecular complexity index is 651. The zero-order valence-corrected chi connectivity index (χ0v) is 14.6. The van der Waals surface area contributed by atoms with E-state index in [4.69, 9.17) is 5.73 Å². The zero-order valence-electron chi connectivity index (χ0n) is 14.6. The number of carbonyl (C=O) groups excluding carboxylic acids is 1. The minimum absolute atomic E-state index is 0.0536. The second kappa shape index (κ2) is 8.79. The number of piperidine rings is 1. The van der Waals surface area contributed by atoms with Gasteiger partial charge in [-0.3, -0.25) is 9.69 Å². The summed E-state index contributed by atoms with van der Waals surface area (Å²) in [6.45, 7) is 3.02. The molecule has 25 heavy (non-hydrogen) atoms. The quantitative estimate of drug-likeness (QED) is 0.852. The van der Waals surface area contributed by atoms with Crippen molar-refractivity contribution >= 4 is 5.91 Å². The SMILES string of the molecule is NC(CC(=O)NC1CCN(Cc2ccccc2)CC1)c1ccccc1. The average molecular weight is 337 g/mol. The fourth-order valence-corrected chi connectivity index (χ4v) is 3.38. The molecule has 0 saturated carbocycles. The molecule has 1 atom stereocenters. The molecule has 3 rings (SSSR count). The summed E-state index contributed by atoms with van der Waals surface area (Å²) in [6.07, 6.45) is 2.34. The lowest BCUT2D eigenvalue weighted by molar-refractivity contribution is -0.122. The lowest BCUT2D eigenvalue weighted by Crippen LogP contribution is -2.44. The highest BCUT2D eigenvalue weighted by atomic mass is 16.1. The average Bonchev–Trinajstić information content (AvgIpc) is 2.65. The van der Waals surface area contributed by atoms with Crippen LogP contribution >= 0.6 is 0 Å². The van der Waals surface area contributed by atoms with E-state index in [-0.39, 0.29) is 18.0 Å². The minimum atomic E-state index is -0.237. The van der Waals surface area contributed by atoms with E-state index in [0.717, 1.165) is 38.0 Å². The topological polar surface area (TPSA) is 58.4 Å². The molecule has 1 saturated heterocycles. The maximum Gasteiger partial charge on any atom is 0.222 e.